The van der Waals surface area contributed by atoms with E-state index in [2.05, 4.69) is 31.1 Å². The second-order valence-corrected chi connectivity index (χ2v) is 4.45. The topological polar surface area (TPSA) is 74.7 Å². The first-order chi connectivity index (χ1) is 7.52. The molecule has 4 heteroatoms. The van der Waals surface area contributed by atoms with Crippen molar-refractivity contribution in [3.8, 4) is 6.07 Å². The minimum absolute atomic E-state index is 0.322. The molecule has 1 heterocycles. The maximum absolute atomic E-state index is 8.69. The van der Waals surface area contributed by atoms with Gasteiger partial charge in [0.05, 0.1) is 11.3 Å². The lowest BCUT2D eigenvalue weighted by atomic mass is 10.1. The highest BCUT2D eigenvalue weighted by Crippen LogP contribution is 2.18. The van der Waals surface area contributed by atoms with Crippen molar-refractivity contribution in [1.82, 2.24) is 4.98 Å². The Balaban J connectivity index is 2.71. The maximum atomic E-state index is 8.69. The van der Waals surface area contributed by atoms with E-state index in [1.807, 2.05) is 6.07 Å². The van der Waals surface area contributed by atoms with Crippen LogP contribution < -0.4 is 11.1 Å². The molecule has 16 heavy (non-hydrogen) atoms. The summed E-state index contributed by atoms with van der Waals surface area (Å²) in [6.07, 6.45) is 2.59. The molecular formula is C12H18N4. The summed E-state index contributed by atoms with van der Waals surface area (Å²) < 4.78 is 0. The molecule has 0 aliphatic rings. The number of nitrogens with two attached hydrogens (primary N) is 1. The monoisotopic (exact) mass is 218 g/mol. The zero-order valence-corrected chi connectivity index (χ0v) is 9.99. The average molecular weight is 218 g/mol. The van der Waals surface area contributed by atoms with Crippen LogP contribution in [-0.2, 0) is 0 Å². The van der Waals surface area contributed by atoms with Gasteiger partial charge in [0, 0.05) is 12.2 Å². The van der Waals surface area contributed by atoms with E-state index in [0.29, 0.717) is 29.0 Å². The van der Waals surface area contributed by atoms with Gasteiger partial charge in [0.15, 0.2) is 0 Å². The van der Waals surface area contributed by atoms with Crippen LogP contribution in [0.5, 0.6) is 0 Å². The van der Waals surface area contributed by atoms with Gasteiger partial charge in [-0.1, -0.05) is 13.8 Å². The molecule has 0 aliphatic carbocycles. The predicted molar refractivity (Wildman–Crippen MR) is 65.9 cm³/mol. The van der Waals surface area contributed by atoms with Crippen LogP contribution in [0, 0.1) is 17.2 Å². The van der Waals surface area contributed by atoms with Crippen molar-refractivity contribution < 1.29 is 0 Å². The largest absolute Gasteiger partial charge is 0.396 e. The van der Waals surface area contributed by atoms with E-state index in [1.165, 1.54) is 6.20 Å². The van der Waals surface area contributed by atoms with Gasteiger partial charge in [0.25, 0.3) is 0 Å². The summed E-state index contributed by atoms with van der Waals surface area (Å²) in [5.74, 6) is 1.29. The van der Waals surface area contributed by atoms with Crippen LogP contribution in [0.2, 0.25) is 0 Å². The van der Waals surface area contributed by atoms with E-state index in [1.54, 1.807) is 6.07 Å². The molecule has 0 saturated carbocycles. The second kappa shape index (κ2) is 5.36. The van der Waals surface area contributed by atoms with Gasteiger partial charge < -0.3 is 11.1 Å². The smallest absolute Gasteiger partial charge is 0.149 e. The Morgan fingerprint density at radius 2 is 2.19 bits per heavy atom. The molecule has 1 rings (SSSR count). The van der Waals surface area contributed by atoms with Crippen molar-refractivity contribution in [2.75, 3.05) is 11.1 Å². The fraction of sp³-hybridized carbons (Fsp3) is 0.500. The SMILES string of the molecule is CC(C)CC(C)Nc1ncc(C#N)cc1N. The Morgan fingerprint density at radius 1 is 1.50 bits per heavy atom. The third-order valence-electron chi connectivity index (χ3n) is 2.25. The lowest BCUT2D eigenvalue weighted by molar-refractivity contribution is 0.539. The van der Waals surface area contributed by atoms with Gasteiger partial charge in [-0.25, -0.2) is 4.98 Å². The van der Waals surface area contributed by atoms with Gasteiger partial charge in [0.2, 0.25) is 0 Å². The molecule has 0 aromatic carbocycles. The van der Waals surface area contributed by atoms with Gasteiger partial charge in [-0.05, 0) is 25.3 Å². The van der Waals surface area contributed by atoms with E-state index in [-0.39, 0.29) is 0 Å². The Hall–Kier alpha value is -1.76. The van der Waals surface area contributed by atoms with Crippen LogP contribution in [0.3, 0.4) is 0 Å². The molecule has 1 unspecified atom stereocenters. The van der Waals surface area contributed by atoms with Crippen molar-refractivity contribution in [2.45, 2.75) is 33.2 Å². The van der Waals surface area contributed by atoms with Crippen molar-refractivity contribution in [3.63, 3.8) is 0 Å². The van der Waals surface area contributed by atoms with E-state index >= 15 is 0 Å². The molecule has 0 aliphatic heterocycles. The number of pyridine rings is 1. The molecule has 0 radical (unpaired) electrons. The summed E-state index contributed by atoms with van der Waals surface area (Å²) in [4.78, 5) is 4.14. The highest BCUT2D eigenvalue weighted by atomic mass is 15.0. The Labute approximate surface area is 96.5 Å². The van der Waals surface area contributed by atoms with E-state index in [9.17, 15) is 0 Å². The fourth-order valence-corrected chi connectivity index (χ4v) is 1.66. The molecule has 1 aromatic rings. The van der Waals surface area contributed by atoms with Crippen molar-refractivity contribution in [2.24, 2.45) is 5.92 Å². The molecule has 0 spiro atoms. The molecule has 0 saturated heterocycles. The summed E-state index contributed by atoms with van der Waals surface area (Å²) in [5, 5.41) is 11.9. The summed E-state index contributed by atoms with van der Waals surface area (Å²) in [6, 6.07) is 3.97. The molecule has 86 valence electrons. The highest BCUT2D eigenvalue weighted by Gasteiger charge is 2.08. The van der Waals surface area contributed by atoms with Crippen LogP contribution >= 0.6 is 0 Å². The first kappa shape index (κ1) is 12.3. The Bertz CT molecular complexity index is 392. The summed E-state index contributed by atoms with van der Waals surface area (Å²) in [6.45, 7) is 6.45. The van der Waals surface area contributed by atoms with Crippen molar-refractivity contribution in [3.05, 3.63) is 17.8 Å². The number of hydrogen-bond acceptors (Lipinski definition) is 4. The molecule has 1 aromatic heterocycles. The summed E-state index contributed by atoms with van der Waals surface area (Å²) >= 11 is 0. The van der Waals surface area contributed by atoms with Crippen LogP contribution in [0.4, 0.5) is 11.5 Å². The standard InChI is InChI=1S/C12H18N4/c1-8(2)4-9(3)16-12-11(14)5-10(6-13)7-15-12/h5,7-9H,4,14H2,1-3H3,(H,15,16). The van der Waals surface area contributed by atoms with Crippen molar-refractivity contribution >= 4 is 11.5 Å². The molecule has 1 atom stereocenters. The van der Waals surface area contributed by atoms with Crippen LogP contribution in [0.25, 0.3) is 0 Å². The third kappa shape index (κ3) is 3.43. The molecule has 4 nitrogen and oxygen atoms in total. The number of nitriles is 1. The normalized spacial score (nSPS) is 12.2. The zero-order valence-electron chi connectivity index (χ0n) is 9.99. The average Bonchev–Trinajstić information content (AvgIpc) is 2.19. The lowest BCUT2D eigenvalue weighted by Gasteiger charge is -2.17. The third-order valence-corrected chi connectivity index (χ3v) is 2.25. The second-order valence-electron chi connectivity index (χ2n) is 4.45. The molecule has 0 amide bonds. The van der Waals surface area contributed by atoms with Crippen LogP contribution in [0.15, 0.2) is 12.3 Å². The maximum Gasteiger partial charge on any atom is 0.149 e. The number of hydrogen-bond donors (Lipinski definition) is 2. The zero-order chi connectivity index (χ0) is 12.1. The molecule has 3 N–H and O–H groups in total. The minimum atomic E-state index is 0.322. The minimum Gasteiger partial charge on any atom is -0.396 e. The van der Waals surface area contributed by atoms with Gasteiger partial charge in [-0.2, -0.15) is 5.26 Å². The first-order valence-corrected chi connectivity index (χ1v) is 5.45. The first-order valence-electron chi connectivity index (χ1n) is 5.45. The van der Waals surface area contributed by atoms with Gasteiger partial charge in [0.1, 0.15) is 11.9 Å². The van der Waals surface area contributed by atoms with Gasteiger partial charge in [-0.15, -0.1) is 0 Å². The highest BCUT2D eigenvalue weighted by molar-refractivity contribution is 5.63. The van der Waals surface area contributed by atoms with Gasteiger partial charge in [-0.3, -0.25) is 0 Å². The molecular weight excluding hydrogens is 200 g/mol. The number of nitrogen functional groups attached to an aromatic ring is 1. The molecule has 0 fully saturated rings. The van der Waals surface area contributed by atoms with Crippen molar-refractivity contribution in [1.29, 1.82) is 5.26 Å². The number of aromatic nitrogens is 1. The summed E-state index contributed by atoms with van der Waals surface area (Å²) in [7, 11) is 0. The number of nitrogens with one attached hydrogen (secondary N) is 1. The number of anilines is 2. The van der Waals surface area contributed by atoms with Crippen LogP contribution in [0.1, 0.15) is 32.8 Å². The fourth-order valence-electron chi connectivity index (χ4n) is 1.66. The van der Waals surface area contributed by atoms with Gasteiger partial charge >= 0.3 is 0 Å². The lowest BCUT2D eigenvalue weighted by Crippen LogP contribution is -2.19. The predicted octanol–water partition coefficient (Wildman–Crippen LogP) is 2.38. The Kier molecular flexibility index (Phi) is 4.12. The van der Waals surface area contributed by atoms with E-state index < -0.39 is 0 Å². The van der Waals surface area contributed by atoms with E-state index in [0.717, 1.165) is 6.42 Å². The van der Waals surface area contributed by atoms with Crippen LogP contribution in [-0.4, -0.2) is 11.0 Å². The summed E-state index contributed by atoms with van der Waals surface area (Å²) in [5.41, 5.74) is 6.81. The quantitative estimate of drug-likeness (QED) is 0.813. The number of rotatable bonds is 4. The number of nitrogens with zero attached hydrogens (tertiary/aromatic N) is 2. The van der Waals surface area contributed by atoms with E-state index in [4.69, 9.17) is 11.0 Å². The molecule has 0 bridgehead atoms. The Morgan fingerprint density at radius 3 is 2.69 bits per heavy atom.